The smallest absolute Gasteiger partial charge is 0.252 e. The minimum Gasteiger partial charge on any atom is -0.485 e. The predicted molar refractivity (Wildman–Crippen MR) is 144 cm³/mol. The van der Waals surface area contributed by atoms with Crippen LogP contribution in [0.4, 0.5) is 0 Å². The van der Waals surface area contributed by atoms with Crippen LogP contribution in [0.2, 0.25) is 5.02 Å². The molecule has 0 bridgehead atoms. The summed E-state index contributed by atoms with van der Waals surface area (Å²) in [6, 6.07) is 14.7. The number of fused-ring (bicyclic) bond motifs is 2. The number of nitrogens with zero attached hydrogens (tertiary/aromatic N) is 1. The number of benzene rings is 3. The molecule has 37 heavy (non-hydrogen) atoms. The van der Waals surface area contributed by atoms with E-state index >= 15 is 0 Å². The van der Waals surface area contributed by atoms with Crippen LogP contribution in [0.5, 0.6) is 5.75 Å². The molecule has 1 amide bonds. The molecule has 4 aromatic rings. The Balaban J connectivity index is 1.44. The molecular formula is C29H29ClN2O5. The number of carbonyl (C=O) groups is 2. The molecule has 1 aliphatic carbocycles. The molecule has 8 heteroatoms. The average Bonchev–Trinajstić information content (AvgIpc) is 3.66. The molecule has 5 rings (SSSR count). The summed E-state index contributed by atoms with van der Waals surface area (Å²) >= 11 is 6.08. The summed E-state index contributed by atoms with van der Waals surface area (Å²) in [6.45, 7) is 1.39. The Labute approximate surface area is 219 Å². The van der Waals surface area contributed by atoms with Gasteiger partial charge in [0.25, 0.3) is 5.91 Å². The van der Waals surface area contributed by atoms with Crippen LogP contribution in [0.15, 0.2) is 54.7 Å². The largest absolute Gasteiger partial charge is 0.485 e. The summed E-state index contributed by atoms with van der Waals surface area (Å²) < 4.78 is 7.80. The number of primary amides is 1. The molecule has 192 valence electrons. The maximum absolute atomic E-state index is 13.4. The zero-order chi connectivity index (χ0) is 26.3. The van der Waals surface area contributed by atoms with Gasteiger partial charge < -0.3 is 25.3 Å². The van der Waals surface area contributed by atoms with Crippen molar-refractivity contribution in [1.29, 1.82) is 0 Å². The Hall–Kier alpha value is -3.39. The molecule has 1 heterocycles. The number of carbonyl (C=O) groups excluding carboxylic acids is 2. The normalized spacial score (nSPS) is 15.1. The van der Waals surface area contributed by atoms with Gasteiger partial charge in [-0.05, 0) is 78.8 Å². The third-order valence-corrected chi connectivity index (χ3v) is 7.25. The molecule has 3 aromatic carbocycles. The number of hydrogen-bond acceptors (Lipinski definition) is 5. The van der Waals surface area contributed by atoms with Crippen LogP contribution in [0, 0.1) is 0 Å². The second kappa shape index (κ2) is 9.82. The number of aromatic nitrogens is 1. The van der Waals surface area contributed by atoms with Crippen molar-refractivity contribution in [3.05, 3.63) is 76.4 Å². The Morgan fingerprint density at radius 3 is 2.59 bits per heavy atom. The lowest BCUT2D eigenvalue weighted by Gasteiger charge is -2.20. The summed E-state index contributed by atoms with van der Waals surface area (Å²) in [7, 11) is 0. The molecule has 0 radical (unpaired) electrons. The molecule has 1 saturated carbocycles. The minimum atomic E-state index is -1.22. The fraction of sp³-hybridized carbons (Fsp3) is 0.310. The van der Waals surface area contributed by atoms with Gasteiger partial charge in [-0.25, -0.2) is 0 Å². The molecule has 0 aliphatic heterocycles. The van der Waals surface area contributed by atoms with Gasteiger partial charge in [0.15, 0.2) is 6.61 Å². The van der Waals surface area contributed by atoms with Gasteiger partial charge in [-0.1, -0.05) is 29.8 Å². The quantitative estimate of drug-likeness (QED) is 0.259. The van der Waals surface area contributed by atoms with E-state index in [1.807, 2.05) is 16.7 Å². The highest BCUT2D eigenvalue weighted by atomic mass is 35.5. The highest BCUT2D eigenvalue weighted by Gasteiger charge is 2.26. The maximum Gasteiger partial charge on any atom is 0.252 e. The first kappa shape index (κ1) is 25.3. The number of aliphatic hydroxyl groups excluding tert-OH is 1. The first-order valence-corrected chi connectivity index (χ1v) is 12.7. The van der Waals surface area contributed by atoms with Crippen molar-refractivity contribution >= 4 is 45.0 Å². The Bertz CT molecular complexity index is 1520. The first-order chi connectivity index (χ1) is 17.6. The van der Waals surface area contributed by atoms with E-state index in [9.17, 15) is 19.8 Å². The van der Waals surface area contributed by atoms with E-state index in [0.717, 1.165) is 34.5 Å². The van der Waals surface area contributed by atoms with Gasteiger partial charge in [-0.3, -0.25) is 9.59 Å². The summed E-state index contributed by atoms with van der Waals surface area (Å²) in [6.07, 6.45) is 4.42. The Morgan fingerprint density at radius 1 is 1.11 bits per heavy atom. The predicted octanol–water partition coefficient (Wildman–Crippen LogP) is 4.82. The van der Waals surface area contributed by atoms with Crippen LogP contribution in [0.1, 0.15) is 58.4 Å². The fourth-order valence-corrected chi connectivity index (χ4v) is 4.79. The van der Waals surface area contributed by atoms with Gasteiger partial charge in [0, 0.05) is 34.2 Å². The number of rotatable bonds is 10. The lowest BCUT2D eigenvalue weighted by atomic mass is 10.0. The van der Waals surface area contributed by atoms with E-state index in [1.54, 1.807) is 37.4 Å². The van der Waals surface area contributed by atoms with E-state index in [-0.39, 0.29) is 30.3 Å². The Kier molecular flexibility index (Phi) is 6.70. The van der Waals surface area contributed by atoms with E-state index in [2.05, 4.69) is 12.1 Å². The highest BCUT2D eigenvalue weighted by molar-refractivity contribution is 6.31. The second-order valence-corrected chi connectivity index (χ2v) is 10.5. The standard InChI is InChI=1S/C29H29ClN2O5/c1-29(36,16-33)8-9-32-14-24(22-7-5-18(12-25(22)32)17-2-3-17)26(34)15-37-27-13-19-4-6-21(30)10-20(19)11-23(27)28(31)35/h4-7,10-14,17,33,36H,2-3,8-9,15-16H2,1H3,(H2,31,35)/t29-/m0/s1. The summed E-state index contributed by atoms with van der Waals surface area (Å²) in [5.41, 5.74) is 7.17. The number of nitrogens with two attached hydrogens (primary N) is 1. The molecule has 1 aromatic heterocycles. The Morgan fingerprint density at radius 2 is 1.89 bits per heavy atom. The molecule has 1 aliphatic rings. The summed E-state index contributed by atoms with van der Waals surface area (Å²) in [5.74, 6) is -0.131. The van der Waals surface area contributed by atoms with Gasteiger partial charge in [-0.2, -0.15) is 0 Å². The number of Topliss-reactive ketones (excluding diaryl/α,β-unsaturated/α-hetero) is 1. The van der Waals surface area contributed by atoms with Crippen LogP contribution < -0.4 is 10.5 Å². The monoisotopic (exact) mass is 520 g/mol. The van der Waals surface area contributed by atoms with E-state index in [0.29, 0.717) is 29.5 Å². The third kappa shape index (κ3) is 5.34. The molecule has 7 nitrogen and oxygen atoms in total. The van der Waals surface area contributed by atoms with Crippen molar-refractivity contribution in [2.24, 2.45) is 5.73 Å². The molecule has 0 spiro atoms. The van der Waals surface area contributed by atoms with Crippen LogP contribution in [0.3, 0.4) is 0 Å². The van der Waals surface area contributed by atoms with E-state index in [1.165, 1.54) is 5.56 Å². The van der Waals surface area contributed by atoms with Gasteiger partial charge in [0.1, 0.15) is 5.75 Å². The molecular weight excluding hydrogens is 492 g/mol. The number of hydrogen-bond donors (Lipinski definition) is 3. The van der Waals surface area contributed by atoms with Crippen molar-refractivity contribution in [2.75, 3.05) is 13.2 Å². The molecule has 1 fully saturated rings. The van der Waals surface area contributed by atoms with E-state index in [4.69, 9.17) is 22.1 Å². The van der Waals surface area contributed by atoms with Crippen molar-refractivity contribution in [2.45, 2.75) is 44.2 Å². The number of ether oxygens (including phenoxy) is 1. The number of amides is 1. The maximum atomic E-state index is 13.4. The molecule has 4 N–H and O–H groups in total. The van der Waals surface area contributed by atoms with Crippen molar-refractivity contribution in [3.63, 3.8) is 0 Å². The molecule has 0 saturated heterocycles. The third-order valence-electron chi connectivity index (χ3n) is 7.01. The lowest BCUT2D eigenvalue weighted by molar-refractivity contribution is -0.00797. The number of halogens is 1. The SMILES string of the molecule is C[C@@](O)(CO)CCn1cc(C(=O)COc2cc3ccc(Cl)cc3cc2C(N)=O)c2ccc(C3CC3)cc21. The number of ketones is 1. The lowest BCUT2D eigenvalue weighted by Crippen LogP contribution is -2.30. The number of aryl methyl sites for hydroxylation is 1. The average molecular weight is 521 g/mol. The summed E-state index contributed by atoms with van der Waals surface area (Å²) in [5, 5.41) is 22.6. The van der Waals surface area contributed by atoms with Crippen LogP contribution in [0.25, 0.3) is 21.7 Å². The fourth-order valence-electron chi connectivity index (χ4n) is 4.61. The van der Waals surface area contributed by atoms with Crippen molar-refractivity contribution in [3.8, 4) is 5.75 Å². The van der Waals surface area contributed by atoms with E-state index < -0.39 is 11.5 Å². The summed E-state index contributed by atoms with van der Waals surface area (Å²) in [4.78, 5) is 25.5. The molecule has 1 atom stereocenters. The van der Waals surface area contributed by atoms with Crippen LogP contribution in [-0.4, -0.2) is 45.3 Å². The molecule has 0 unspecified atom stereocenters. The topological polar surface area (TPSA) is 115 Å². The van der Waals surface area contributed by atoms with Crippen LogP contribution >= 0.6 is 11.6 Å². The zero-order valence-electron chi connectivity index (χ0n) is 20.5. The van der Waals surface area contributed by atoms with Crippen molar-refractivity contribution < 1.29 is 24.5 Å². The minimum absolute atomic E-state index is 0.172. The number of aliphatic hydroxyl groups is 2. The van der Waals surface area contributed by atoms with Crippen molar-refractivity contribution in [1.82, 2.24) is 4.57 Å². The van der Waals surface area contributed by atoms with Gasteiger partial charge in [-0.15, -0.1) is 0 Å². The first-order valence-electron chi connectivity index (χ1n) is 12.3. The van der Waals surface area contributed by atoms with Crippen LogP contribution in [-0.2, 0) is 6.54 Å². The van der Waals surface area contributed by atoms with Gasteiger partial charge in [0.05, 0.1) is 17.8 Å². The highest BCUT2D eigenvalue weighted by Crippen LogP contribution is 2.41. The van der Waals surface area contributed by atoms with Gasteiger partial charge in [0.2, 0.25) is 5.78 Å². The second-order valence-electron chi connectivity index (χ2n) is 10.1. The van der Waals surface area contributed by atoms with Gasteiger partial charge >= 0.3 is 0 Å². The zero-order valence-corrected chi connectivity index (χ0v) is 21.3.